The van der Waals surface area contributed by atoms with Gasteiger partial charge in [0.05, 0.1) is 22.0 Å². The Labute approximate surface area is 252 Å². The van der Waals surface area contributed by atoms with Crippen molar-refractivity contribution in [3.05, 3.63) is 132 Å². The molecule has 9 nitrogen and oxygen atoms in total. The third-order valence-corrected chi connectivity index (χ3v) is 7.20. The molecule has 42 heavy (non-hydrogen) atoms. The van der Waals surface area contributed by atoms with Crippen molar-refractivity contribution in [2.75, 3.05) is 0 Å². The number of nitrogens with zero attached hydrogens (tertiary/aromatic N) is 4. The van der Waals surface area contributed by atoms with Gasteiger partial charge in [-0.1, -0.05) is 59.1 Å². The molecule has 0 saturated heterocycles. The fraction of sp³-hybridized carbons (Fsp3) is 0.0333. The second kappa shape index (κ2) is 11.3. The molecule has 6 rings (SSSR count). The van der Waals surface area contributed by atoms with Crippen molar-refractivity contribution < 1.29 is 14.1 Å². The normalized spacial score (nSPS) is 11.5. The monoisotopic (exact) mass is 618 g/mol. The number of nitro groups is 1. The van der Waals surface area contributed by atoms with E-state index in [2.05, 4.69) is 10.1 Å². The number of rotatable bonds is 7. The summed E-state index contributed by atoms with van der Waals surface area (Å²) in [5.74, 6) is 0.349. The van der Waals surface area contributed by atoms with E-state index in [1.165, 1.54) is 18.3 Å². The van der Waals surface area contributed by atoms with E-state index in [4.69, 9.17) is 44.0 Å². The van der Waals surface area contributed by atoms with Crippen LogP contribution in [0.4, 0.5) is 5.69 Å². The van der Waals surface area contributed by atoms with Crippen LogP contribution in [0.25, 0.3) is 33.5 Å². The number of fused-ring (bicyclic) bond motifs is 2. The number of ether oxygens (including phenoxy) is 1. The van der Waals surface area contributed by atoms with Crippen molar-refractivity contribution in [1.29, 1.82) is 0 Å². The summed E-state index contributed by atoms with van der Waals surface area (Å²) in [6.45, 7) is -0.0774. The van der Waals surface area contributed by atoms with E-state index in [1.807, 2.05) is 0 Å². The zero-order chi connectivity index (χ0) is 29.4. The number of aromatic nitrogens is 2. The molecule has 0 amide bonds. The molecule has 0 bridgehead atoms. The van der Waals surface area contributed by atoms with E-state index in [-0.39, 0.29) is 35.2 Å². The molecule has 0 radical (unpaired) electrons. The van der Waals surface area contributed by atoms with Gasteiger partial charge in [-0.05, 0) is 54.6 Å². The number of halogens is 3. The van der Waals surface area contributed by atoms with Gasteiger partial charge in [0.2, 0.25) is 11.6 Å². The van der Waals surface area contributed by atoms with E-state index in [0.717, 1.165) is 4.68 Å². The van der Waals surface area contributed by atoms with Crippen LogP contribution in [0.3, 0.4) is 0 Å². The topological polar surface area (TPSA) is 113 Å². The highest BCUT2D eigenvalue weighted by molar-refractivity contribution is 6.35. The van der Waals surface area contributed by atoms with Gasteiger partial charge in [-0.25, -0.2) is 4.98 Å². The number of benzene rings is 4. The zero-order valence-electron chi connectivity index (χ0n) is 21.3. The summed E-state index contributed by atoms with van der Waals surface area (Å²) in [6, 6.07) is 22.9. The summed E-state index contributed by atoms with van der Waals surface area (Å²) in [7, 11) is 0. The Balaban J connectivity index is 1.47. The fourth-order valence-electron chi connectivity index (χ4n) is 4.37. The predicted molar refractivity (Wildman–Crippen MR) is 163 cm³/mol. The molecule has 0 aliphatic carbocycles. The minimum absolute atomic E-state index is 0.0565. The van der Waals surface area contributed by atoms with Crippen LogP contribution in [0.5, 0.6) is 5.75 Å². The summed E-state index contributed by atoms with van der Waals surface area (Å²) in [6.07, 6.45) is 1.30. The number of hydrogen-bond acceptors (Lipinski definition) is 7. The summed E-state index contributed by atoms with van der Waals surface area (Å²) < 4.78 is 13.0. The lowest BCUT2D eigenvalue weighted by molar-refractivity contribution is -0.385. The maximum atomic E-state index is 13.6. The molecular weight excluding hydrogens is 603 g/mol. The van der Waals surface area contributed by atoms with E-state index < -0.39 is 10.5 Å². The molecule has 0 saturated carbocycles. The van der Waals surface area contributed by atoms with Crippen molar-refractivity contribution in [3.8, 4) is 17.3 Å². The maximum absolute atomic E-state index is 13.6. The summed E-state index contributed by atoms with van der Waals surface area (Å²) in [5, 5.41) is 18.6. The highest BCUT2D eigenvalue weighted by atomic mass is 35.5. The first-order valence-corrected chi connectivity index (χ1v) is 13.5. The Morgan fingerprint density at radius 3 is 2.57 bits per heavy atom. The second-order valence-corrected chi connectivity index (χ2v) is 10.4. The van der Waals surface area contributed by atoms with Crippen molar-refractivity contribution >= 4 is 68.6 Å². The number of para-hydroxylation sites is 2. The Kier molecular flexibility index (Phi) is 7.38. The largest absolute Gasteiger partial charge is 0.481 e. The van der Waals surface area contributed by atoms with Crippen LogP contribution in [0.15, 0.2) is 99.2 Å². The minimum Gasteiger partial charge on any atom is -0.481 e. The smallest absolute Gasteiger partial charge is 0.311 e. The Hall–Kier alpha value is -4.70. The first kappa shape index (κ1) is 27.5. The molecule has 2 aromatic heterocycles. The van der Waals surface area contributed by atoms with Gasteiger partial charge >= 0.3 is 5.69 Å². The van der Waals surface area contributed by atoms with Crippen molar-refractivity contribution in [2.24, 2.45) is 5.10 Å². The van der Waals surface area contributed by atoms with Gasteiger partial charge in [-0.2, -0.15) is 9.78 Å². The molecule has 12 heteroatoms. The lowest BCUT2D eigenvalue weighted by Crippen LogP contribution is -2.20. The first-order valence-electron chi connectivity index (χ1n) is 12.4. The van der Waals surface area contributed by atoms with Crippen LogP contribution in [0.2, 0.25) is 15.1 Å². The van der Waals surface area contributed by atoms with Crippen molar-refractivity contribution in [3.63, 3.8) is 0 Å². The quantitative estimate of drug-likeness (QED) is 0.101. The van der Waals surface area contributed by atoms with Crippen molar-refractivity contribution in [2.45, 2.75) is 6.61 Å². The van der Waals surface area contributed by atoms with Gasteiger partial charge in [-0.15, -0.1) is 0 Å². The Bertz CT molecular complexity index is 2110. The SMILES string of the molecule is O=c1c2ccccc2nc(-c2cc3cc(Cl)ccc3o2)n1N=Cc1cccc([N+](=O)[O-])c1OCc1ccc(Cl)cc1Cl. The van der Waals surface area contributed by atoms with Crippen LogP contribution >= 0.6 is 34.8 Å². The zero-order valence-corrected chi connectivity index (χ0v) is 23.6. The molecule has 2 heterocycles. The molecule has 208 valence electrons. The number of nitro benzene ring substituents is 1. The lowest BCUT2D eigenvalue weighted by Gasteiger charge is -2.11. The molecule has 0 atom stereocenters. The van der Waals surface area contributed by atoms with Gasteiger partial charge in [0.15, 0.2) is 5.76 Å². The maximum Gasteiger partial charge on any atom is 0.311 e. The molecule has 0 unspecified atom stereocenters. The number of furan rings is 1. The molecule has 4 aromatic carbocycles. The molecule has 0 spiro atoms. The van der Waals surface area contributed by atoms with Crippen LogP contribution in [0, 0.1) is 10.1 Å². The van der Waals surface area contributed by atoms with E-state index in [9.17, 15) is 14.9 Å². The highest BCUT2D eigenvalue weighted by Crippen LogP contribution is 2.33. The second-order valence-electron chi connectivity index (χ2n) is 9.08. The van der Waals surface area contributed by atoms with Crippen LogP contribution in [-0.2, 0) is 6.61 Å². The van der Waals surface area contributed by atoms with E-state index >= 15 is 0 Å². The van der Waals surface area contributed by atoms with Crippen molar-refractivity contribution in [1.82, 2.24) is 9.66 Å². The van der Waals surface area contributed by atoms with Crippen LogP contribution < -0.4 is 10.3 Å². The standard InChI is InChI=1S/C30H17Cl3N4O5/c31-20-10-11-26-19(12-20)13-27(42-26)29-35-24-6-2-1-5-22(24)30(38)36(29)34-15-17-4-3-7-25(37(39)40)28(17)41-16-18-8-9-21(32)14-23(18)33/h1-15H,16H2. The number of hydrogen-bond donors (Lipinski definition) is 0. The third-order valence-electron chi connectivity index (χ3n) is 6.37. The molecule has 0 N–H and O–H groups in total. The Morgan fingerprint density at radius 1 is 0.976 bits per heavy atom. The van der Waals surface area contributed by atoms with Gasteiger partial charge < -0.3 is 9.15 Å². The predicted octanol–water partition coefficient (Wildman–Crippen LogP) is 8.14. The van der Waals surface area contributed by atoms with Crippen LogP contribution in [0.1, 0.15) is 11.1 Å². The van der Waals surface area contributed by atoms with Gasteiger partial charge in [0, 0.05) is 37.6 Å². The highest BCUT2D eigenvalue weighted by Gasteiger charge is 2.20. The van der Waals surface area contributed by atoms with Gasteiger partial charge in [-0.3, -0.25) is 14.9 Å². The minimum atomic E-state index is -0.565. The molecule has 0 fully saturated rings. The molecule has 0 aliphatic rings. The average molecular weight is 620 g/mol. The summed E-state index contributed by atoms with van der Waals surface area (Å²) in [5.41, 5.74) is 1.05. The van der Waals surface area contributed by atoms with Crippen LogP contribution in [-0.4, -0.2) is 20.8 Å². The average Bonchev–Trinajstić information content (AvgIpc) is 3.39. The first-order chi connectivity index (χ1) is 20.3. The van der Waals surface area contributed by atoms with E-state index in [0.29, 0.717) is 42.5 Å². The Morgan fingerprint density at radius 2 is 1.76 bits per heavy atom. The third kappa shape index (κ3) is 5.33. The van der Waals surface area contributed by atoms with Gasteiger partial charge in [0.1, 0.15) is 12.2 Å². The molecule has 6 aromatic rings. The fourth-order valence-corrected chi connectivity index (χ4v) is 5.01. The molecule has 0 aliphatic heterocycles. The van der Waals surface area contributed by atoms with E-state index in [1.54, 1.807) is 72.8 Å². The lowest BCUT2D eigenvalue weighted by atomic mass is 10.2. The summed E-state index contributed by atoms with van der Waals surface area (Å²) in [4.78, 5) is 29.6. The molecular formula is C30H17Cl3N4O5. The van der Waals surface area contributed by atoms with Gasteiger partial charge in [0.25, 0.3) is 5.56 Å². The summed E-state index contributed by atoms with van der Waals surface area (Å²) >= 11 is 18.4.